The van der Waals surface area contributed by atoms with Gasteiger partial charge in [-0.1, -0.05) is 37.3 Å². The zero-order valence-electron chi connectivity index (χ0n) is 15.4. The number of amides is 2. The smallest absolute Gasteiger partial charge is 0.328 e. The van der Waals surface area contributed by atoms with E-state index < -0.39 is 35.9 Å². The van der Waals surface area contributed by atoms with Crippen molar-refractivity contribution < 1.29 is 19.1 Å². The number of carbonyl (C=O) groups is 3. The predicted molar refractivity (Wildman–Crippen MR) is 105 cm³/mol. The van der Waals surface area contributed by atoms with Crippen LogP contribution in [-0.2, 0) is 25.5 Å². The van der Waals surface area contributed by atoms with E-state index in [4.69, 9.17) is 10.5 Å². The summed E-state index contributed by atoms with van der Waals surface area (Å²) >= 11 is 4.15. The van der Waals surface area contributed by atoms with Gasteiger partial charge in [0, 0.05) is 6.42 Å². The van der Waals surface area contributed by atoms with Crippen molar-refractivity contribution >= 4 is 30.4 Å². The van der Waals surface area contributed by atoms with E-state index >= 15 is 0 Å². The van der Waals surface area contributed by atoms with E-state index in [-0.39, 0.29) is 12.5 Å². The number of hydrogen-bond acceptors (Lipinski definition) is 6. The second-order valence-corrected chi connectivity index (χ2v) is 7.23. The number of carbonyl (C=O) groups excluding carboxylic acids is 3. The molecule has 1 aliphatic heterocycles. The molecule has 0 bridgehead atoms. The Bertz CT molecular complexity index is 656. The third kappa shape index (κ3) is 6.25. The van der Waals surface area contributed by atoms with Gasteiger partial charge in [-0.2, -0.15) is 12.6 Å². The molecule has 1 saturated heterocycles. The summed E-state index contributed by atoms with van der Waals surface area (Å²) in [5, 5.41) is 5.43. The van der Waals surface area contributed by atoms with Gasteiger partial charge in [-0.05, 0) is 30.1 Å². The van der Waals surface area contributed by atoms with Crippen molar-refractivity contribution in [3.8, 4) is 0 Å². The first-order valence-corrected chi connectivity index (χ1v) is 9.73. The summed E-state index contributed by atoms with van der Waals surface area (Å²) in [6.45, 7) is 1.97. The molecular formula is C19H27N3O4S. The Morgan fingerprint density at radius 3 is 2.44 bits per heavy atom. The quantitative estimate of drug-likeness (QED) is 0.438. The lowest BCUT2D eigenvalue weighted by Crippen LogP contribution is -2.57. The van der Waals surface area contributed by atoms with Crippen LogP contribution < -0.4 is 16.4 Å². The summed E-state index contributed by atoms with van der Waals surface area (Å²) in [6.07, 6.45) is 1.10. The number of hydrogen-bond donors (Lipinski definition) is 4. The highest BCUT2D eigenvalue weighted by atomic mass is 32.1. The summed E-state index contributed by atoms with van der Waals surface area (Å²) in [4.78, 5) is 37.6. The maximum Gasteiger partial charge on any atom is 0.328 e. The van der Waals surface area contributed by atoms with Crippen LogP contribution in [0.15, 0.2) is 30.3 Å². The minimum absolute atomic E-state index is 0.146. The predicted octanol–water partition coefficient (Wildman–Crippen LogP) is 0.429. The van der Waals surface area contributed by atoms with Gasteiger partial charge in [-0.25, -0.2) is 4.79 Å². The summed E-state index contributed by atoms with van der Waals surface area (Å²) in [7, 11) is 0. The molecule has 1 aromatic rings. The monoisotopic (exact) mass is 393 g/mol. The van der Waals surface area contributed by atoms with Crippen LogP contribution in [0.5, 0.6) is 0 Å². The molecule has 2 amide bonds. The molecule has 2 rings (SSSR count). The molecule has 8 heteroatoms. The lowest BCUT2D eigenvalue weighted by Gasteiger charge is -2.27. The SMILES string of the molecule is C[C@H]1CCOC(=O)[C@H](CCS)NC(=O)[C@H](Cc2ccccc2)NC(=O)[C@H]1N. The van der Waals surface area contributed by atoms with E-state index in [1.54, 1.807) is 0 Å². The molecule has 1 aliphatic rings. The molecule has 1 aromatic carbocycles. The van der Waals surface area contributed by atoms with Crippen LogP contribution in [-0.4, -0.2) is 48.3 Å². The topological polar surface area (TPSA) is 111 Å². The number of ether oxygens (including phenoxy) is 1. The van der Waals surface area contributed by atoms with Crippen LogP contribution in [0.25, 0.3) is 0 Å². The molecule has 1 fully saturated rings. The molecule has 0 aromatic heterocycles. The number of nitrogens with two attached hydrogens (primary N) is 1. The minimum Gasteiger partial charge on any atom is -0.464 e. The first kappa shape index (κ1) is 21.2. The van der Waals surface area contributed by atoms with Crippen LogP contribution in [0.2, 0.25) is 0 Å². The summed E-state index contributed by atoms with van der Waals surface area (Å²) in [5.74, 6) is -1.12. The lowest BCUT2D eigenvalue weighted by atomic mass is 9.97. The molecule has 1 heterocycles. The van der Waals surface area contributed by atoms with Gasteiger partial charge in [0.15, 0.2) is 0 Å². The van der Waals surface area contributed by atoms with Crippen molar-refractivity contribution in [2.45, 2.75) is 44.3 Å². The zero-order valence-corrected chi connectivity index (χ0v) is 16.3. The molecule has 0 aliphatic carbocycles. The van der Waals surface area contributed by atoms with Crippen LogP contribution >= 0.6 is 12.6 Å². The third-order valence-electron chi connectivity index (χ3n) is 4.67. The highest BCUT2D eigenvalue weighted by Crippen LogP contribution is 2.11. The van der Waals surface area contributed by atoms with Gasteiger partial charge in [0.2, 0.25) is 11.8 Å². The Hall–Kier alpha value is -2.06. The van der Waals surface area contributed by atoms with Gasteiger partial charge in [-0.3, -0.25) is 9.59 Å². The van der Waals surface area contributed by atoms with E-state index in [0.29, 0.717) is 25.0 Å². The molecule has 7 nitrogen and oxygen atoms in total. The Labute approximate surface area is 164 Å². The first-order chi connectivity index (χ1) is 12.9. The average molecular weight is 394 g/mol. The fourth-order valence-corrected chi connectivity index (χ4v) is 3.12. The summed E-state index contributed by atoms with van der Waals surface area (Å²) in [6, 6.07) is 6.91. The van der Waals surface area contributed by atoms with Gasteiger partial charge in [0.1, 0.15) is 12.1 Å². The Balaban J connectivity index is 2.25. The Kier molecular flexibility index (Phi) is 8.12. The van der Waals surface area contributed by atoms with Crippen molar-refractivity contribution in [2.75, 3.05) is 12.4 Å². The lowest BCUT2D eigenvalue weighted by molar-refractivity contribution is -0.149. The first-order valence-electron chi connectivity index (χ1n) is 9.10. The van der Waals surface area contributed by atoms with Crippen molar-refractivity contribution in [1.82, 2.24) is 10.6 Å². The summed E-state index contributed by atoms with van der Waals surface area (Å²) in [5.41, 5.74) is 6.91. The molecule has 0 spiro atoms. The average Bonchev–Trinajstić information content (AvgIpc) is 2.66. The molecule has 4 atom stereocenters. The number of cyclic esters (lactones) is 1. The van der Waals surface area contributed by atoms with Gasteiger partial charge < -0.3 is 21.1 Å². The molecule has 27 heavy (non-hydrogen) atoms. The highest BCUT2D eigenvalue weighted by Gasteiger charge is 2.31. The number of benzene rings is 1. The summed E-state index contributed by atoms with van der Waals surface area (Å²) < 4.78 is 5.26. The Morgan fingerprint density at radius 2 is 1.78 bits per heavy atom. The van der Waals surface area contributed by atoms with Crippen LogP contribution in [0.1, 0.15) is 25.3 Å². The normalized spacial score (nSPS) is 27.6. The van der Waals surface area contributed by atoms with E-state index in [1.165, 1.54) is 0 Å². The van der Waals surface area contributed by atoms with Crippen molar-refractivity contribution in [3.63, 3.8) is 0 Å². The van der Waals surface area contributed by atoms with Crippen LogP contribution in [0.4, 0.5) is 0 Å². The number of thiol groups is 1. The fraction of sp³-hybridized carbons (Fsp3) is 0.526. The van der Waals surface area contributed by atoms with Crippen LogP contribution in [0, 0.1) is 5.92 Å². The van der Waals surface area contributed by atoms with Gasteiger partial charge in [0.25, 0.3) is 0 Å². The standard InChI is InChI=1S/C19H27N3O4S/c1-12-7-9-26-19(25)14(8-10-27)21-17(23)15(22-18(24)16(12)20)11-13-5-3-2-4-6-13/h2-6,12,14-16,27H,7-11,20H2,1H3,(H,21,23)(H,22,24)/t12-,14-,15-,16-/m0/s1. The molecule has 4 N–H and O–H groups in total. The molecular weight excluding hydrogens is 366 g/mol. The fourth-order valence-electron chi connectivity index (χ4n) is 2.86. The van der Waals surface area contributed by atoms with E-state index in [1.807, 2.05) is 37.3 Å². The second kappa shape index (κ2) is 10.3. The molecule has 148 valence electrons. The molecule has 0 radical (unpaired) electrons. The minimum atomic E-state index is -0.840. The maximum atomic E-state index is 12.8. The second-order valence-electron chi connectivity index (χ2n) is 6.78. The van der Waals surface area contributed by atoms with Crippen molar-refractivity contribution in [3.05, 3.63) is 35.9 Å². The highest BCUT2D eigenvalue weighted by molar-refractivity contribution is 7.80. The number of rotatable bonds is 4. The number of esters is 1. The third-order valence-corrected chi connectivity index (χ3v) is 4.93. The molecule has 0 unspecified atom stereocenters. The van der Waals surface area contributed by atoms with Gasteiger partial charge >= 0.3 is 5.97 Å². The molecule has 0 saturated carbocycles. The van der Waals surface area contributed by atoms with E-state index in [2.05, 4.69) is 23.3 Å². The largest absolute Gasteiger partial charge is 0.464 e. The van der Waals surface area contributed by atoms with Crippen molar-refractivity contribution in [1.29, 1.82) is 0 Å². The van der Waals surface area contributed by atoms with Gasteiger partial charge in [-0.15, -0.1) is 0 Å². The van der Waals surface area contributed by atoms with E-state index in [9.17, 15) is 14.4 Å². The maximum absolute atomic E-state index is 12.8. The van der Waals surface area contributed by atoms with Gasteiger partial charge in [0.05, 0.1) is 12.6 Å². The van der Waals surface area contributed by atoms with Crippen LogP contribution in [0.3, 0.4) is 0 Å². The number of nitrogens with one attached hydrogen (secondary N) is 2. The zero-order chi connectivity index (χ0) is 19.8. The Morgan fingerprint density at radius 1 is 1.11 bits per heavy atom. The van der Waals surface area contributed by atoms with E-state index in [0.717, 1.165) is 5.56 Å². The van der Waals surface area contributed by atoms with Crippen molar-refractivity contribution in [2.24, 2.45) is 11.7 Å².